The molecule has 0 aromatic rings. The molecule has 0 bridgehead atoms. The van der Waals surface area contributed by atoms with Gasteiger partial charge in [0.15, 0.2) is 5.04 Å². The lowest BCUT2D eigenvalue weighted by Crippen LogP contribution is -2.37. The van der Waals surface area contributed by atoms with Crippen LogP contribution in [0.2, 0.25) is 0 Å². The van der Waals surface area contributed by atoms with E-state index in [1.165, 1.54) is 11.8 Å². The van der Waals surface area contributed by atoms with Crippen LogP contribution in [0.5, 0.6) is 0 Å². The second-order valence-corrected chi connectivity index (χ2v) is 2.91. The van der Waals surface area contributed by atoms with E-state index in [0.717, 1.165) is 13.1 Å². The van der Waals surface area contributed by atoms with Gasteiger partial charge in [0.1, 0.15) is 0 Å². The number of likely N-dealkylation sites (N-methyl/N-ethyl adjacent to an activating group) is 1. The molecule has 0 saturated carbocycles. The third kappa shape index (κ3) is 1.31. The second-order valence-electron chi connectivity index (χ2n) is 2.12. The van der Waals surface area contributed by atoms with Crippen molar-refractivity contribution in [1.29, 1.82) is 0 Å². The van der Waals surface area contributed by atoms with Crippen molar-refractivity contribution in [3.05, 3.63) is 0 Å². The minimum Gasteiger partial charge on any atom is -0.338 e. The SMILES string of the molecule is CSC1=NCCN(C)C1=O. The summed E-state index contributed by atoms with van der Waals surface area (Å²) in [6.07, 6.45) is 1.87. The average molecular weight is 158 g/mol. The number of thioether (sulfide) groups is 1. The number of hydrogen-bond donors (Lipinski definition) is 0. The summed E-state index contributed by atoms with van der Waals surface area (Å²) < 4.78 is 0. The van der Waals surface area contributed by atoms with Gasteiger partial charge in [0.25, 0.3) is 5.91 Å². The van der Waals surface area contributed by atoms with Gasteiger partial charge in [-0.15, -0.1) is 11.8 Å². The van der Waals surface area contributed by atoms with Gasteiger partial charge in [0.05, 0.1) is 6.54 Å². The van der Waals surface area contributed by atoms with Gasteiger partial charge in [-0.2, -0.15) is 0 Å². The van der Waals surface area contributed by atoms with Crippen LogP contribution in [0.1, 0.15) is 0 Å². The molecule has 0 fully saturated rings. The zero-order chi connectivity index (χ0) is 7.56. The van der Waals surface area contributed by atoms with E-state index >= 15 is 0 Å². The quantitative estimate of drug-likeness (QED) is 0.505. The van der Waals surface area contributed by atoms with E-state index in [1.54, 1.807) is 11.9 Å². The molecule has 3 nitrogen and oxygen atoms in total. The predicted molar refractivity (Wildman–Crippen MR) is 43.5 cm³/mol. The van der Waals surface area contributed by atoms with Gasteiger partial charge in [0, 0.05) is 13.6 Å². The van der Waals surface area contributed by atoms with Crippen molar-refractivity contribution in [1.82, 2.24) is 4.90 Å². The summed E-state index contributed by atoms with van der Waals surface area (Å²) in [6, 6.07) is 0. The van der Waals surface area contributed by atoms with E-state index in [1.807, 2.05) is 6.26 Å². The molecule has 0 spiro atoms. The van der Waals surface area contributed by atoms with Crippen molar-refractivity contribution in [2.75, 3.05) is 26.4 Å². The Kier molecular flexibility index (Phi) is 2.32. The monoisotopic (exact) mass is 158 g/mol. The summed E-state index contributed by atoms with van der Waals surface area (Å²) in [4.78, 5) is 16.9. The maximum Gasteiger partial charge on any atom is 0.278 e. The lowest BCUT2D eigenvalue weighted by atomic mass is 10.4. The Morgan fingerprint density at radius 3 is 2.90 bits per heavy atom. The molecule has 1 aliphatic heterocycles. The molecule has 10 heavy (non-hydrogen) atoms. The lowest BCUT2D eigenvalue weighted by molar-refractivity contribution is -0.122. The molecule has 0 saturated heterocycles. The summed E-state index contributed by atoms with van der Waals surface area (Å²) in [6.45, 7) is 1.50. The molecular weight excluding hydrogens is 148 g/mol. The number of amides is 1. The van der Waals surface area contributed by atoms with E-state index in [9.17, 15) is 4.79 Å². The van der Waals surface area contributed by atoms with Gasteiger partial charge in [-0.3, -0.25) is 9.79 Å². The van der Waals surface area contributed by atoms with E-state index in [0.29, 0.717) is 5.04 Å². The van der Waals surface area contributed by atoms with E-state index in [2.05, 4.69) is 4.99 Å². The molecule has 1 aliphatic rings. The normalized spacial score (nSPS) is 19.2. The first kappa shape index (κ1) is 7.60. The zero-order valence-electron chi connectivity index (χ0n) is 6.13. The fourth-order valence-corrected chi connectivity index (χ4v) is 1.34. The van der Waals surface area contributed by atoms with Crippen molar-refractivity contribution < 1.29 is 4.79 Å². The molecule has 0 aromatic carbocycles. The molecule has 0 aromatic heterocycles. The Labute approximate surface area is 64.5 Å². The number of nitrogens with zero attached hydrogens (tertiary/aromatic N) is 2. The highest BCUT2D eigenvalue weighted by Gasteiger charge is 2.18. The molecule has 56 valence electrons. The highest BCUT2D eigenvalue weighted by atomic mass is 32.2. The number of aliphatic imine (C=N–C) groups is 1. The Morgan fingerprint density at radius 1 is 1.70 bits per heavy atom. The minimum absolute atomic E-state index is 0.0544. The molecule has 1 amide bonds. The first-order chi connectivity index (χ1) is 4.75. The summed E-state index contributed by atoms with van der Waals surface area (Å²) in [7, 11) is 1.80. The smallest absolute Gasteiger partial charge is 0.278 e. The van der Waals surface area contributed by atoms with Gasteiger partial charge >= 0.3 is 0 Å². The second kappa shape index (κ2) is 3.05. The van der Waals surface area contributed by atoms with Crippen LogP contribution >= 0.6 is 11.8 Å². The maximum absolute atomic E-state index is 11.1. The van der Waals surface area contributed by atoms with E-state index in [-0.39, 0.29) is 5.91 Å². The van der Waals surface area contributed by atoms with Crippen LogP contribution in [0.3, 0.4) is 0 Å². The largest absolute Gasteiger partial charge is 0.338 e. The summed E-state index contributed by atoms with van der Waals surface area (Å²) in [5, 5.41) is 0.633. The van der Waals surface area contributed by atoms with Crippen molar-refractivity contribution in [3.63, 3.8) is 0 Å². The van der Waals surface area contributed by atoms with Gasteiger partial charge in [-0.1, -0.05) is 0 Å². The fraction of sp³-hybridized carbons (Fsp3) is 0.667. The van der Waals surface area contributed by atoms with Crippen molar-refractivity contribution in [2.45, 2.75) is 0 Å². The Bertz CT molecular complexity index is 179. The third-order valence-corrected chi connectivity index (χ3v) is 2.10. The van der Waals surface area contributed by atoms with Gasteiger partial charge in [0.2, 0.25) is 0 Å². The topological polar surface area (TPSA) is 32.7 Å². The number of rotatable bonds is 0. The molecule has 0 atom stereocenters. The van der Waals surface area contributed by atoms with Crippen LogP contribution < -0.4 is 0 Å². The average Bonchev–Trinajstić information content (AvgIpc) is 1.95. The minimum atomic E-state index is 0.0544. The standard InChI is InChI=1S/C6H10N2OS/c1-8-4-3-7-5(10-2)6(8)9/h3-4H2,1-2H3. The maximum atomic E-state index is 11.1. The molecule has 0 N–H and O–H groups in total. The van der Waals surface area contributed by atoms with Crippen LogP contribution in [-0.2, 0) is 4.79 Å². The van der Waals surface area contributed by atoms with Gasteiger partial charge in [-0.05, 0) is 6.26 Å². The first-order valence-electron chi connectivity index (χ1n) is 3.09. The number of carbonyl (C=O) groups excluding carboxylic acids is 1. The van der Waals surface area contributed by atoms with Crippen LogP contribution in [-0.4, -0.2) is 42.2 Å². The Morgan fingerprint density at radius 2 is 2.40 bits per heavy atom. The lowest BCUT2D eigenvalue weighted by Gasteiger charge is -2.20. The first-order valence-corrected chi connectivity index (χ1v) is 4.32. The van der Waals surface area contributed by atoms with Crippen LogP contribution in [0.15, 0.2) is 4.99 Å². The van der Waals surface area contributed by atoms with E-state index in [4.69, 9.17) is 0 Å². The predicted octanol–water partition coefficient (Wildman–Crippen LogP) is 0.220. The number of carbonyl (C=O) groups is 1. The van der Waals surface area contributed by atoms with Crippen LogP contribution in [0, 0.1) is 0 Å². The van der Waals surface area contributed by atoms with Gasteiger partial charge in [-0.25, -0.2) is 0 Å². The molecule has 0 aliphatic carbocycles. The summed E-state index contributed by atoms with van der Waals surface area (Å²) in [5.74, 6) is 0.0544. The van der Waals surface area contributed by atoms with Crippen molar-refractivity contribution in [2.24, 2.45) is 4.99 Å². The fourth-order valence-electron chi connectivity index (χ4n) is 0.786. The molecular formula is C6H10N2OS. The van der Waals surface area contributed by atoms with Crippen molar-refractivity contribution >= 4 is 22.7 Å². The number of hydrogen-bond acceptors (Lipinski definition) is 3. The van der Waals surface area contributed by atoms with E-state index < -0.39 is 0 Å². The molecule has 4 heteroatoms. The zero-order valence-corrected chi connectivity index (χ0v) is 6.94. The van der Waals surface area contributed by atoms with Gasteiger partial charge < -0.3 is 4.90 Å². The summed E-state index contributed by atoms with van der Waals surface area (Å²) in [5.41, 5.74) is 0. The summed E-state index contributed by atoms with van der Waals surface area (Å²) >= 11 is 1.42. The molecule has 1 rings (SSSR count). The Hall–Kier alpha value is -0.510. The van der Waals surface area contributed by atoms with Crippen LogP contribution in [0.25, 0.3) is 0 Å². The third-order valence-electron chi connectivity index (χ3n) is 1.41. The highest BCUT2D eigenvalue weighted by molar-refractivity contribution is 8.15. The Balaban J connectivity index is 2.72. The van der Waals surface area contributed by atoms with Crippen molar-refractivity contribution in [3.8, 4) is 0 Å². The molecule has 1 heterocycles. The molecule has 0 radical (unpaired) electrons. The van der Waals surface area contributed by atoms with Crippen LogP contribution in [0.4, 0.5) is 0 Å². The molecule has 0 unspecified atom stereocenters. The highest BCUT2D eigenvalue weighted by Crippen LogP contribution is 2.06.